The first-order chi connectivity index (χ1) is 13.8. The van der Waals surface area contributed by atoms with Crippen molar-refractivity contribution < 1.29 is 13.2 Å². The fourth-order valence-corrected chi connectivity index (χ4v) is 5.27. The van der Waals surface area contributed by atoms with Gasteiger partial charge in [-0.3, -0.25) is 10.1 Å². The topological polar surface area (TPSA) is 104 Å². The zero-order valence-corrected chi connectivity index (χ0v) is 18.5. The summed E-state index contributed by atoms with van der Waals surface area (Å²) in [5, 5.41) is 10.4. The van der Waals surface area contributed by atoms with Gasteiger partial charge in [-0.15, -0.1) is 10.2 Å². The maximum Gasteiger partial charge on any atom is 0.269 e. The molecule has 0 unspecified atom stereocenters. The van der Waals surface area contributed by atoms with Crippen molar-refractivity contribution in [3.8, 4) is 0 Å². The molecule has 158 valence electrons. The minimum atomic E-state index is -3.76. The Morgan fingerprint density at radius 1 is 1.28 bits per heavy atom. The molecule has 1 saturated heterocycles. The Morgan fingerprint density at radius 2 is 2.00 bits per heavy atom. The zero-order valence-electron chi connectivity index (χ0n) is 16.1. The summed E-state index contributed by atoms with van der Waals surface area (Å²) < 4.78 is 27.2. The number of aromatic nitrogens is 2. The first-order valence-electron chi connectivity index (χ1n) is 9.46. The van der Waals surface area contributed by atoms with Crippen molar-refractivity contribution in [3.63, 3.8) is 0 Å². The van der Waals surface area contributed by atoms with Crippen molar-refractivity contribution in [1.82, 2.24) is 19.8 Å². The van der Waals surface area contributed by atoms with E-state index < -0.39 is 15.9 Å². The van der Waals surface area contributed by atoms with E-state index in [0.29, 0.717) is 11.6 Å². The molecule has 1 aliphatic heterocycles. The summed E-state index contributed by atoms with van der Waals surface area (Å²) in [4.78, 5) is 14.6. The molecule has 0 saturated carbocycles. The average Bonchev–Trinajstić information content (AvgIpc) is 3.16. The van der Waals surface area contributed by atoms with Crippen LogP contribution < -0.4 is 10.0 Å². The Balaban J connectivity index is 1.49. The number of anilines is 1. The van der Waals surface area contributed by atoms with E-state index in [0.717, 1.165) is 43.3 Å². The fourth-order valence-electron chi connectivity index (χ4n) is 3.04. The predicted octanol–water partition coefficient (Wildman–Crippen LogP) is 2.84. The van der Waals surface area contributed by atoms with Gasteiger partial charge in [0, 0.05) is 6.54 Å². The Labute approximate surface area is 179 Å². The summed E-state index contributed by atoms with van der Waals surface area (Å²) in [6.07, 6.45) is 3.11. The Hall–Kier alpha value is -1.59. The molecule has 0 aliphatic carbocycles. The first-order valence-corrected chi connectivity index (χ1v) is 12.1. The largest absolute Gasteiger partial charge is 0.303 e. The molecule has 1 fully saturated rings. The molecule has 0 spiro atoms. The van der Waals surface area contributed by atoms with Crippen molar-refractivity contribution in [2.45, 2.75) is 30.5 Å². The number of nitrogens with one attached hydrogen (secondary N) is 2. The number of benzene rings is 1. The third-order valence-electron chi connectivity index (χ3n) is 4.79. The maximum absolute atomic E-state index is 12.4. The van der Waals surface area contributed by atoms with Crippen LogP contribution in [0.2, 0.25) is 5.02 Å². The van der Waals surface area contributed by atoms with Crippen molar-refractivity contribution in [1.29, 1.82) is 0 Å². The minimum absolute atomic E-state index is 0.0951. The Morgan fingerprint density at radius 3 is 2.72 bits per heavy atom. The van der Waals surface area contributed by atoms with Gasteiger partial charge in [0.25, 0.3) is 15.9 Å². The summed E-state index contributed by atoms with van der Waals surface area (Å²) in [6, 6.07) is 6.57. The first kappa shape index (κ1) is 22.1. The standard InChI is InChI=1S/C18H24ClN5O3S2/c1-13-7-11-24(12-8-13)10-4-9-20-29(26,27)18-23-22-17(28-18)21-16(25)14-5-2-3-6-15(14)19/h2-3,5-6,13,20H,4,7-12H2,1H3,(H,21,22,25). The highest BCUT2D eigenvalue weighted by atomic mass is 35.5. The molecule has 29 heavy (non-hydrogen) atoms. The number of sulfonamides is 1. The molecule has 8 nitrogen and oxygen atoms in total. The number of nitrogens with zero attached hydrogens (tertiary/aromatic N) is 3. The van der Waals surface area contributed by atoms with Gasteiger partial charge >= 0.3 is 0 Å². The quantitative estimate of drug-likeness (QED) is 0.466. The molecule has 2 N–H and O–H groups in total. The Bertz CT molecular complexity index is 942. The predicted molar refractivity (Wildman–Crippen MR) is 114 cm³/mol. The van der Waals surface area contributed by atoms with Crippen LogP contribution in [-0.4, -0.2) is 55.6 Å². The number of hydrogen-bond acceptors (Lipinski definition) is 7. The van der Waals surface area contributed by atoms with Gasteiger partial charge in [-0.05, 0) is 56.9 Å². The van der Waals surface area contributed by atoms with Gasteiger partial charge in [-0.1, -0.05) is 42.0 Å². The molecule has 1 aliphatic rings. The van der Waals surface area contributed by atoms with Crippen LogP contribution in [0.4, 0.5) is 5.13 Å². The van der Waals surface area contributed by atoms with Crippen molar-refractivity contribution in [3.05, 3.63) is 34.9 Å². The van der Waals surface area contributed by atoms with Crippen LogP contribution in [0, 0.1) is 5.92 Å². The van der Waals surface area contributed by atoms with Crippen LogP contribution >= 0.6 is 22.9 Å². The lowest BCUT2D eigenvalue weighted by Crippen LogP contribution is -2.35. The highest BCUT2D eigenvalue weighted by Gasteiger charge is 2.21. The lowest BCUT2D eigenvalue weighted by Gasteiger charge is -2.30. The molecule has 0 atom stereocenters. The smallest absolute Gasteiger partial charge is 0.269 e. The monoisotopic (exact) mass is 457 g/mol. The number of halogens is 1. The fraction of sp³-hybridized carbons (Fsp3) is 0.500. The number of hydrogen-bond donors (Lipinski definition) is 2. The summed E-state index contributed by atoms with van der Waals surface area (Å²) in [5.74, 6) is 0.300. The van der Waals surface area contributed by atoms with Crippen LogP contribution in [0.1, 0.15) is 36.5 Å². The summed E-state index contributed by atoms with van der Waals surface area (Å²) in [7, 11) is -3.76. The van der Waals surface area contributed by atoms with Gasteiger partial charge in [0.05, 0.1) is 10.6 Å². The van der Waals surface area contributed by atoms with Gasteiger partial charge in [-0.2, -0.15) is 0 Å². The van der Waals surface area contributed by atoms with Crippen molar-refractivity contribution >= 4 is 44.0 Å². The number of carbonyl (C=O) groups is 1. The lowest BCUT2D eigenvalue weighted by molar-refractivity contribution is 0.102. The van der Waals surface area contributed by atoms with E-state index >= 15 is 0 Å². The molecule has 2 heterocycles. The van der Waals surface area contributed by atoms with Crippen LogP contribution in [0.15, 0.2) is 28.6 Å². The third kappa shape index (κ3) is 6.19. The van der Waals surface area contributed by atoms with E-state index in [1.165, 1.54) is 12.8 Å². The molecule has 2 aromatic rings. The normalized spacial score (nSPS) is 16.1. The second kappa shape index (κ2) is 9.94. The number of amides is 1. The summed E-state index contributed by atoms with van der Waals surface area (Å²) in [6.45, 7) is 5.59. The average molecular weight is 458 g/mol. The van der Waals surface area contributed by atoms with Gasteiger partial charge in [0.15, 0.2) is 0 Å². The van der Waals surface area contributed by atoms with Gasteiger partial charge in [0.1, 0.15) is 0 Å². The van der Waals surface area contributed by atoms with Crippen molar-refractivity contribution in [2.24, 2.45) is 5.92 Å². The SMILES string of the molecule is CC1CCN(CCCNS(=O)(=O)c2nnc(NC(=O)c3ccccc3Cl)s2)CC1. The molecule has 1 aromatic carbocycles. The molecular formula is C18H24ClN5O3S2. The van der Waals surface area contributed by atoms with E-state index in [2.05, 4.69) is 32.1 Å². The van der Waals surface area contributed by atoms with Gasteiger partial charge in [-0.25, -0.2) is 13.1 Å². The van der Waals surface area contributed by atoms with E-state index in [-0.39, 0.29) is 15.0 Å². The van der Waals surface area contributed by atoms with Crippen LogP contribution in [0.25, 0.3) is 0 Å². The van der Waals surface area contributed by atoms with Gasteiger partial charge in [0.2, 0.25) is 9.47 Å². The van der Waals surface area contributed by atoms with Crippen LogP contribution in [0.3, 0.4) is 0 Å². The van der Waals surface area contributed by atoms with E-state index in [1.807, 2.05) is 0 Å². The molecule has 1 aromatic heterocycles. The summed E-state index contributed by atoms with van der Waals surface area (Å²) in [5.41, 5.74) is 0.277. The second-order valence-electron chi connectivity index (χ2n) is 7.08. The highest BCUT2D eigenvalue weighted by Crippen LogP contribution is 2.22. The number of rotatable bonds is 8. The van der Waals surface area contributed by atoms with E-state index in [1.54, 1.807) is 24.3 Å². The molecule has 11 heteroatoms. The van der Waals surface area contributed by atoms with Gasteiger partial charge < -0.3 is 4.90 Å². The highest BCUT2D eigenvalue weighted by molar-refractivity contribution is 7.91. The van der Waals surface area contributed by atoms with Crippen LogP contribution in [0.5, 0.6) is 0 Å². The molecular weight excluding hydrogens is 434 g/mol. The van der Waals surface area contributed by atoms with Crippen molar-refractivity contribution in [2.75, 3.05) is 31.5 Å². The number of piperidine rings is 1. The Kier molecular flexibility index (Phi) is 7.58. The molecule has 0 radical (unpaired) electrons. The zero-order chi connectivity index (χ0) is 20.9. The maximum atomic E-state index is 12.4. The lowest BCUT2D eigenvalue weighted by atomic mass is 9.99. The third-order valence-corrected chi connectivity index (χ3v) is 7.79. The van der Waals surface area contributed by atoms with E-state index in [9.17, 15) is 13.2 Å². The second-order valence-corrected chi connectivity index (χ2v) is 10.4. The minimum Gasteiger partial charge on any atom is -0.303 e. The molecule has 1 amide bonds. The number of likely N-dealkylation sites (tertiary alicyclic amines) is 1. The van der Waals surface area contributed by atoms with E-state index in [4.69, 9.17) is 11.6 Å². The molecule has 0 bridgehead atoms. The summed E-state index contributed by atoms with van der Waals surface area (Å²) >= 11 is 6.79. The molecule has 3 rings (SSSR count). The number of carbonyl (C=O) groups excluding carboxylic acids is 1. The van der Waals surface area contributed by atoms with Crippen LogP contribution in [-0.2, 0) is 10.0 Å².